The molecule has 2 fully saturated rings. The van der Waals surface area contributed by atoms with Gasteiger partial charge in [0.1, 0.15) is 0 Å². The Balaban J connectivity index is 1.58. The standard InChI is InChI=1S/C17H26N2/c1-2-9-16(10-3-1)17(19-11-4-5-12-19)14-18-13-15-7-6-8-15/h1-3,9-10,15,17-18H,4-8,11-14H2. The zero-order valence-electron chi connectivity index (χ0n) is 11.9. The summed E-state index contributed by atoms with van der Waals surface area (Å²) in [4.78, 5) is 2.66. The molecule has 1 saturated heterocycles. The molecule has 1 aromatic carbocycles. The highest BCUT2D eigenvalue weighted by Crippen LogP contribution is 2.27. The van der Waals surface area contributed by atoms with Gasteiger partial charge in [0.25, 0.3) is 0 Å². The van der Waals surface area contributed by atoms with E-state index in [2.05, 4.69) is 40.5 Å². The Morgan fingerprint density at radius 1 is 1.05 bits per heavy atom. The van der Waals surface area contributed by atoms with Crippen LogP contribution >= 0.6 is 0 Å². The SMILES string of the molecule is c1ccc(C(CNCC2CCC2)N2CCCC2)cc1. The van der Waals surface area contributed by atoms with E-state index in [1.807, 2.05) is 0 Å². The van der Waals surface area contributed by atoms with E-state index >= 15 is 0 Å². The summed E-state index contributed by atoms with van der Waals surface area (Å²) in [5.41, 5.74) is 1.48. The van der Waals surface area contributed by atoms with E-state index in [1.165, 1.54) is 57.3 Å². The van der Waals surface area contributed by atoms with Gasteiger partial charge < -0.3 is 5.32 Å². The van der Waals surface area contributed by atoms with Crippen molar-refractivity contribution in [3.63, 3.8) is 0 Å². The molecule has 0 radical (unpaired) electrons. The van der Waals surface area contributed by atoms with Crippen molar-refractivity contribution in [2.24, 2.45) is 5.92 Å². The number of rotatable bonds is 6. The molecule has 1 aromatic rings. The highest BCUT2D eigenvalue weighted by atomic mass is 15.2. The van der Waals surface area contributed by atoms with Gasteiger partial charge in [-0.15, -0.1) is 0 Å². The number of nitrogens with one attached hydrogen (secondary N) is 1. The minimum atomic E-state index is 0.573. The van der Waals surface area contributed by atoms with Crippen LogP contribution in [0, 0.1) is 5.92 Å². The first-order chi connectivity index (χ1) is 9.43. The maximum atomic E-state index is 3.72. The highest BCUT2D eigenvalue weighted by Gasteiger charge is 2.24. The molecule has 1 N–H and O–H groups in total. The van der Waals surface area contributed by atoms with Gasteiger partial charge in [0, 0.05) is 12.6 Å². The Morgan fingerprint density at radius 3 is 2.42 bits per heavy atom. The Hall–Kier alpha value is -0.860. The van der Waals surface area contributed by atoms with Crippen molar-refractivity contribution in [3.8, 4) is 0 Å². The predicted octanol–water partition coefficient (Wildman–Crippen LogP) is 3.21. The van der Waals surface area contributed by atoms with Crippen LogP contribution in [0.2, 0.25) is 0 Å². The van der Waals surface area contributed by atoms with Crippen LogP contribution in [0.3, 0.4) is 0 Å². The van der Waals surface area contributed by atoms with Crippen LogP contribution in [-0.2, 0) is 0 Å². The summed E-state index contributed by atoms with van der Waals surface area (Å²) in [5, 5.41) is 3.72. The molecule has 0 aromatic heterocycles. The quantitative estimate of drug-likeness (QED) is 0.843. The van der Waals surface area contributed by atoms with Crippen LogP contribution in [0.5, 0.6) is 0 Å². The van der Waals surface area contributed by atoms with E-state index in [0.29, 0.717) is 6.04 Å². The molecule has 1 aliphatic carbocycles. The van der Waals surface area contributed by atoms with Gasteiger partial charge in [-0.1, -0.05) is 36.8 Å². The first kappa shape index (κ1) is 13.1. The summed E-state index contributed by atoms with van der Waals surface area (Å²) in [7, 11) is 0. The summed E-state index contributed by atoms with van der Waals surface area (Å²) >= 11 is 0. The number of benzene rings is 1. The van der Waals surface area contributed by atoms with E-state index in [4.69, 9.17) is 0 Å². The van der Waals surface area contributed by atoms with Gasteiger partial charge in [0.2, 0.25) is 0 Å². The Bertz CT molecular complexity index is 366. The molecule has 1 atom stereocenters. The molecular weight excluding hydrogens is 232 g/mol. The number of nitrogens with zero attached hydrogens (tertiary/aromatic N) is 1. The van der Waals surface area contributed by atoms with Crippen molar-refractivity contribution in [2.75, 3.05) is 26.2 Å². The molecule has 1 unspecified atom stereocenters. The van der Waals surface area contributed by atoms with Crippen LogP contribution in [0.4, 0.5) is 0 Å². The molecule has 1 heterocycles. The Morgan fingerprint density at radius 2 is 1.79 bits per heavy atom. The number of hydrogen-bond acceptors (Lipinski definition) is 2. The van der Waals surface area contributed by atoms with Crippen molar-refractivity contribution in [3.05, 3.63) is 35.9 Å². The second-order valence-electron chi connectivity index (χ2n) is 6.12. The van der Waals surface area contributed by atoms with E-state index in [-0.39, 0.29) is 0 Å². The zero-order valence-corrected chi connectivity index (χ0v) is 11.9. The molecule has 2 aliphatic rings. The lowest BCUT2D eigenvalue weighted by Crippen LogP contribution is -2.37. The minimum Gasteiger partial charge on any atom is -0.315 e. The first-order valence-corrected chi connectivity index (χ1v) is 7.93. The molecule has 0 bridgehead atoms. The minimum absolute atomic E-state index is 0.573. The van der Waals surface area contributed by atoms with Gasteiger partial charge in [-0.25, -0.2) is 0 Å². The fraction of sp³-hybridized carbons (Fsp3) is 0.647. The number of likely N-dealkylation sites (tertiary alicyclic amines) is 1. The molecule has 104 valence electrons. The van der Waals surface area contributed by atoms with E-state index in [9.17, 15) is 0 Å². The van der Waals surface area contributed by atoms with Crippen molar-refractivity contribution < 1.29 is 0 Å². The molecule has 1 aliphatic heterocycles. The average Bonchev–Trinajstić information content (AvgIpc) is 2.91. The molecule has 0 spiro atoms. The summed E-state index contributed by atoms with van der Waals surface area (Å²) < 4.78 is 0. The second kappa shape index (κ2) is 6.53. The lowest BCUT2D eigenvalue weighted by molar-refractivity contribution is 0.226. The number of hydrogen-bond donors (Lipinski definition) is 1. The van der Waals surface area contributed by atoms with Gasteiger partial charge in [0.15, 0.2) is 0 Å². The van der Waals surface area contributed by atoms with Gasteiger partial charge >= 0.3 is 0 Å². The lowest BCUT2D eigenvalue weighted by Gasteiger charge is -2.31. The van der Waals surface area contributed by atoms with Crippen LogP contribution in [-0.4, -0.2) is 31.1 Å². The van der Waals surface area contributed by atoms with Gasteiger partial charge in [0.05, 0.1) is 0 Å². The Labute approximate surface area is 117 Å². The highest BCUT2D eigenvalue weighted by molar-refractivity contribution is 5.19. The molecule has 2 heteroatoms. The molecular formula is C17H26N2. The van der Waals surface area contributed by atoms with Crippen LogP contribution < -0.4 is 5.32 Å². The molecule has 0 amide bonds. The van der Waals surface area contributed by atoms with E-state index < -0.39 is 0 Å². The van der Waals surface area contributed by atoms with Crippen molar-refractivity contribution in [1.82, 2.24) is 10.2 Å². The third-order valence-corrected chi connectivity index (χ3v) is 4.76. The molecule has 19 heavy (non-hydrogen) atoms. The smallest absolute Gasteiger partial charge is 0.0472 e. The predicted molar refractivity (Wildman–Crippen MR) is 80.2 cm³/mol. The largest absolute Gasteiger partial charge is 0.315 e. The summed E-state index contributed by atoms with van der Waals surface area (Å²) in [6, 6.07) is 11.6. The summed E-state index contributed by atoms with van der Waals surface area (Å²) in [6.45, 7) is 4.87. The van der Waals surface area contributed by atoms with Crippen molar-refractivity contribution >= 4 is 0 Å². The maximum absolute atomic E-state index is 3.72. The van der Waals surface area contributed by atoms with E-state index in [0.717, 1.165) is 12.5 Å². The molecule has 3 rings (SSSR count). The Kier molecular flexibility index (Phi) is 4.52. The summed E-state index contributed by atoms with van der Waals surface area (Å²) in [6.07, 6.45) is 7.05. The van der Waals surface area contributed by atoms with Gasteiger partial charge in [-0.05, 0) is 56.8 Å². The van der Waals surface area contributed by atoms with Crippen LogP contribution in [0.1, 0.15) is 43.7 Å². The fourth-order valence-electron chi connectivity index (χ4n) is 3.31. The monoisotopic (exact) mass is 258 g/mol. The zero-order chi connectivity index (χ0) is 12.9. The van der Waals surface area contributed by atoms with Gasteiger partial charge in [-0.3, -0.25) is 4.90 Å². The molecule has 2 nitrogen and oxygen atoms in total. The first-order valence-electron chi connectivity index (χ1n) is 7.93. The maximum Gasteiger partial charge on any atom is 0.0472 e. The third-order valence-electron chi connectivity index (χ3n) is 4.76. The van der Waals surface area contributed by atoms with Crippen molar-refractivity contribution in [1.29, 1.82) is 0 Å². The van der Waals surface area contributed by atoms with Crippen molar-refractivity contribution in [2.45, 2.75) is 38.1 Å². The third kappa shape index (κ3) is 3.37. The van der Waals surface area contributed by atoms with Crippen LogP contribution in [0.25, 0.3) is 0 Å². The lowest BCUT2D eigenvalue weighted by atomic mass is 9.85. The van der Waals surface area contributed by atoms with E-state index in [1.54, 1.807) is 0 Å². The normalized spacial score (nSPS) is 22.3. The molecule has 1 saturated carbocycles. The fourth-order valence-corrected chi connectivity index (χ4v) is 3.31. The van der Waals surface area contributed by atoms with Gasteiger partial charge in [-0.2, -0.15) is 0 Å². The summed E-state index contributed by atoms with van der Waals surface area (Å²) in [5.74, 6) is 0.954. The topological polar surface area (TPSA) is 15.3 Å². The van der Waals surface area contributed by atoms with Crippen LogP contribution in [0.15, 0.2) is 30.3 Å². The second-order valence-corrected chi connectivity index (χ2v) is 6.12. The average molecular weight is 258 g/mol.